The Morgan fingerprint density at radius 2 is 0.868 bits per heavy atom. The van der Waals surface area contributed by atoms with Crippen molar-refractivity contribution in [3.8, 4) is 33.4 Å². The molecule has 0 aliphatic heterocycles. The molecule has 0 fully saturated rings. The van der Waals surface area contributed by atoms with Crippen LogP contribution < -0.4 is 0 Å². The van der Waals surface area contributed by atoms with E-state index in [1.54, 1.807) is 12.1 Å². The fourth-order valence-electron chi connectivity index (χ4n) is 5.93. The Labute approximate surface area is 227 Å². The highest BCUT2D eigenvalue weighted by Crippen LogP contribution is 2.37. The summed E-state index contributed by atoms with van der Waals surface area (Å²) in [6.45, 7) is 17.1. The van der Waals surface area contributed by atoms with Crippen LogP contribution in [0.2, 0.25) is 0 Å². The summed E-state index contributed by atoms with van der Waals surface area (Å²) in [5.74, 6) is -1.58. The molecule has 0 saturated heterocycles. The van der Waals surface area contributed by atoms with Gasteiger partial charge in [-0.1, -0.05) is 75.2 Å². The molecule has 2 heteroatoms. The second-order valence-electron chi connectivity index (χ2n) is 10.8. The average Bonchev–Trinajstić information content (AvgIpc) is 2.90. The van der Waals surface area contributed by atoms with Crippen LogP contribution in [0.3, 0.4) is 0 Å². The smallest absolute Gasteiger partial charge is 0.167 e. The standard InChI is InChI=1S/C36H40F2/c1-9-11-29-21(3)19-33(25(7)23(29)5)28-15-13-27(14-16-28)31-17-18-32(36(38)35(31)37)34-20-22(4)30(12-10-2)24(6)26(34)8/h13-20H,9-12H2,1-8H3. The van der Waals surface area contributed by atoms with Crippen molar-refractivity contribution in [3.05, 3.63) is 105 Å². The van der Waals surface area contributed by atoms with E-state index >= 15 is 8.78 Å². The van der Waals surface area contributed by atoms with Gasteiger partial charge in [-0.3, -0.25) is 0 Å². The van der Waals surface area contributed by atoms with Crippen molar-refractivity contribution in [3.63, 3.8) is 0 Å². The zero-order valence-electron chi connectivity index (χ0n) is 24.2. The SMILES string of the molecule is CCCc1c(C)cc(-c2ccc(-c3ccc(-c4cc(C)c(CCC)c(C)c4C)c(F)c3F)cc2)c(C)c1C. The van der Waals surface area contributed by atoms with Crippen molar-refractivity contribution in [2.75, 3.05) is 0 Å². The lowest BCUT2D eigenvalue weighted by atomic mass is 9.87. The van der Waals surface area contributed by atoms with E-state index in [4.69, 9.17) is 0 Å². The molecule has 0 nitrogen and oxygen atoms in total. The highest BCUT2D eigenvalue weighted by Gasteiger charge is 2.20. The molecule has 4 aromatic carbocycles. The molecular formula is C36H40F2. The van der Waals surface area contributed by atoms with Gasteiger partial charge in [0.15, 0.2) is 11.6 Å². The van der Waals surface area contributed by atoms with E-state index in [9.17, 15) is 0 Å². The van der Waals surface area contributed by atoms with Gasteiger partial charge in [-0.15, -0.1) is 0 Å². The molecule has 0 aliphatic rings. The fourth-order valence-corrected chi connectivity index (χ4v) is 5.93. The van der Waals surface area contributed by atoms with Gasteiger partial charge in [0, 0.05) is 11.1 Å². The van der Waals surface area contributed by atoms with Crippen LogP contribution in [0.15, 0.2) is 48.5 Å². The predicted molar refractivity (Wildman–Crippen MR) is 159 cm³/mol. The molecule has 0 heterocycles. The van der Waals surface area contributed by atoms with Crippen LogP contribution in [0.1, 0.15) is 71.2 Å². The summed E-state index contributed by atoms with van der Waals surface area (Å²) < 4.78 is 31.0. The second-order valence-corrected chi connectivity index (χ2v) is 10.8. The molecule has 198 valence electrons. The van der Waals surface area contributed by atoms with E-state index in [1.165, 1.54) is 38.9 Å². The topological polar surface area (TPSA) is 0 Å². The first-order valence-electron chi connectivity index (χ1n) is 13.9. The zero-order valence-corrected chi connectivity index (χ0v) is 24.2. The summed E-state index contributed by atoms with van der Waals surface area (Å²) in [7, 11) is 0. The van der Waals surface area contributed by atoms with Crippen molar-refractivity contribution in [2.45, 2.75) is 81.1 Å². The van der Waals surface area contributed by atoms with Crippen LogP contribution in [0.5, 0.6) is 0 Å². The minimum absolute atomic E-state index is 0.286. The van der Waals surface area contributed by atoms with Crippen molar-refractivity contribution in [1.29, 1.82) is 0 Å². The van der Waals surface area contributed by atoms with E-state index < -0.39 is 11.6 Å². The first-order chi connectivity index (χ1) is 18.1. The maximum Gasteiger partial charge on any atom is 0.167 e. The fraction of sp³-hybridized carbons (Fsp3) is 0.333. The summed E-state index contributed by atoms with van der Waals surface area (Å²) in [5, 5.41) is 0. The average molecular weight is 511 g/mol. The van der Waals surface area contributed by atoms with Crippen molar-refractivity contribution in [2.24, 2.45) is 0 Å². The minimum atomic E-state index is -0.797. The van der Waals surface area contributed by atoms with Gasteiger partial charge < -0.3 is 0 Å². The molecule has 0 radical (unpaired) electrons. The second kappa shape index (κ2) is 11.2. The third-order valence-corrected chi connectivity index (χ3v) is 8.39. The van der Waals surface area contributed by atoms with E-state index in [0.29, 0.717) is 11.1 Å². The molecule has 0 saturated carbocycles. The maximum atomic E-state index is 15.5. The highest BCUT2D eigenvalue weighted by molar-refractivity contribution is 5.77. The van der Waals surface area contributed by atoms with Crippen LogP contribution in [0.25, 0.3) is 33.4 Å². The number of rotatable bonds is 7. The molecule has 0 N–H and O–H groups in total. The summed E-state index contributed by atoms with van der Waals surface area (Å²) in [6, 6.07) is 15.5. The van der Waals surface area contributed by atoms with E-state index in [0.717, 1.165) is 47.9 Å². The molecule has 0 amide bonds. The zero-order chi connectivity index (χ0) is 27.7. The molecule has 0 bridgehead atoms. The Hall–Kier alpha value is -3.26. The Balaban J connectivity index is 1.72. The van der Waals surface area contributed by atoms with Gasteiger partial charge in [0.25, 0.3) is 0 Å². The summed E-state index contributed by atoms with van der Waals surface area (Å²) in [4.78, 5) is 0. The normalized spacial score (nSPS) is 11.3. The van der Waals surface area contributed by atoms with E-state index in [1.807, 2.05) is 37.3 Å². The number of hydrogen-bond donors (Lipinski definition) is 0. The molecule has 0 atom stereocenters. The first kappa shape index (κ1) is 27.8. The van der Waals surface area contributed by atoms with Gasteiger partial charge in [-0.25, -0.2) is 8.78 Å². The van der Waals surface area contributed by atoms with Crippen molar-refractivity contribution < 1.29 is 8.78 Å². The van der Waals surface area contributed by atoms with E-state index in [2.05, 4.69) is 54.5 Å². The van der Waals surface area contributed by atoms with Crippen molar-refractivity contribution >= 4 is 0 Å². The Bertz CT molecular complexity index is 1490. The Kier molecular flexibility index (Phi) is 8.21. The van der Waals surface area contributed by atoms with Crippen LogP contribution in [0, 0.1) is 53.2 Å². The van der Waals surface area contributed by atoms with E-state index in [-0.39, 0.29) is 5.56 Å². The lowest BCUT2D eigenvalue weighted by Crippen LogP contribution is -2.01. The Morgan fingerprint density at radius 1 is 0.474 bits per heavy atom. The first-order valence-corrected chi connectivity index (χ1v) is 13.9. The van der Waals surface area contributed by atoms with Gasteiger partial charge in [0.2, 0.25) is 0 Å². The molecule has 4 aromatic rings. The number of halogens is 2. The number of aryl methyl sites for hydroxylation is 2. The molecule has 0 unspecified atom stereocenters. The number of benzene rings is 4. The van der Waals surface area contributed by atoms with Crippen molar-refractivity contribution in [1.82, 2.24) is 0 Å². The maximum absolute atomic E-state index is 15.5. The quantitative estimate of drug-likeness (QED) is 0.232. The monoisotopic (exact) mass is 510 g/mol. The van der Waals surface area contributed by atoms with Crippen LogP contribution in [-0.4, -0.2) is 0 Å². The summed E-state index contributed by atoms with van der Waals surface area (Å²) in [6.07, 6.45) is 4.26. The van der Waals surface area contributed by atoms with Crippen LogP contribution >= 0.6 is 0 Å². The van der Waals surface area contributed by atoms with Gasteiger partial charge in [0.1, 0.15) is 0 Å². The summed E-state index contributed by atoms with van der Waals surface area (Å²) in [5.41, 5.74) is 14.3. The largest absolute Gasteiger partial charge is 0.203 e. The van der Waals surface area contributed by atoms with Gasteiger partial charge >= 0.3 is 0 Å². The molecule has 4 rings (SSSR count). The van der Waals surface area contributed by atoms with Gasteiger partial charge in [-0.2, -0.15) is 0 Å². The third-order valence-electron chi connectivity index (χ3n) is 8.39. The summed E-state index contributed by atoms with van der Waals surface area (Å²) >= 11 is 0. The molecular weight excluding hydrogens is 470 g/mol. The van der Waals surface area contributed by atoms with Crippen LogP contribution in [0.4, 0.5) is 8.78 Å². The van der Waals surface area contributed by atoms with Gasteiger partial charge in [-0.05, 0) is 121 Å². The molecule has 0 spiro atoms. The lowest BCUT2D eigenvalue weighted by molar-refractivity contribution is 0.513. The number of hydrogen-bond acceptors (Lipinski definition) is 0. The van der Waals surface area contributed by atoms with Crippen LogP contribution in [-0.2, 0) is 12.8 Å². The lowest BCUT2D eigenvalue weighted by Gasteiger charge is -2.18. The molecule has 0 aliphatic carbocycles. The predicted octanol–water partition coefficient (Wildman–Crippen LogP) is 10.7. The highest BCUT2D eigenvalue weighted by atomic mass is 19.2. The molecule has 0 aromatic heterocycles. The van der Waals surface area contributed by atoms with Gasteiger partial charge in [0.05, 0.1) is 0 Å². The minimum Gasteiger partial charge on any atom is -0.203 e. The Morgan fingerprint density at radius 3 is 1.37 bits per heavy atom. The third kappa shape index (κ3) is 4.94. The molecule has 38 heavy (non-hydrogen) atoms.